The van der Waals surface area contributed by atoms with Crippen molar-refractivity contribution in [3.05, 3.63) is 46.0 Å². The number of benzene rings is 2. The quantitative estimate of drug-likeness (QED) is 0.0327. The van der Waals surface area contributed by atoms with Crippen LogP contribution in [-0.4, -0.2) is 19.9 Å². The summed E-state index contributed by atoms with van der Waals surface area (Å²) < 4.78 is 0. The molecule has 4 nitrogen and oxygen atoms in total. The Hall–Kier alpha value is -2.62. The largest absolute Gasteiger partial charge is 0.249 e. The summed E-state index contributed by atoms with van der Waals surface area (Å²) in [5.41, 5.74) is 11.5. The minimum Gasteiger partial charge on any atom is -0.249 e. The van der Waals surface area contributed by atoms with E-state index in [1.807, 2.05) is 0 Å². The number of hydrogen-bond acceptors (Lipinski definition) is 4. The van der Waals surface area contributed by atoms with E-state index < -0.39 is 0 Å². The molecule has 0 aliphatic rings. The Morgan fingerprint density at radius 3 is 0.700 bits per heavy atom. The summed E-state index contributed by atoms with van der Waals surface area (Å²) >= 11 is 0. The molecule has 2 atom stereocenters. The molecule has 2 heterocycles. The number of unbranched alkanes of at least 4 members (excludes halogenated alkanes) is 32. The number of fused-ring (bicyclic) bond motifs is 5. The molecular formula is C66H112N4. The molecule has 0 fully saturated rings. The van der Waals surface area contributed by atoms with Gasteiger partial charge in [0.25, 0.3) is 0 Å². The Bertz CT molecular complexity index is 1820. The highest BCUT2D eigenvalue weighted by atomic mass is 14.8. The van der Waals surface area contributed by atoms with Crippen molar-refractivity contribution in [1.29, 1.82) is 0 Å². The highest BCUT2D eigenvalue weighted by Gasteiger charge is 2.22. The van der Waals surface area contributed by atoms with Gasteiger partial charge in [0.15, 0.2) is 0 Å². The normalized spacial score (nSPS) is 12.9. The van der Waals surface area contributed by atoms with Crippen molar-refractivity contribution in [1.82, 2.24) is 19.9 Å². The Labute approximate surface area is 433 Å². The highest BCUT2D eigenvalue weighted by Crippen LogP contribution is 2.37. The van der Waals surface area contributed by atoms with Crippen LogP contribution in [-0.2, 0) is 12.8 Å². The molecule has 396 valence electrons. The van der Waals surface area contributed by atoms with Gasteiger partial charge >= 0.3 is 0 Å². The van der Waals surface area contributed by atoms with Crippen LogP contribution in [0.5, 0.6) is 0 Å². The fourth-order valence-electron chi connectivity index (χ4n) is 11.7. The van der Waals surface area contributed by atoms with Crippen molar-refractivity contribution in [3.63, 3.8) is 0 Å². The Balaban J connectivity index is 1.61. The molecule has 0 radical (unpaired) electrons. The van der Waals surface area contributed by atoms with Gasteiger partial charge in [0, 0.05) is 10.8 Å². The van der Waals surface area contributed by atoms with E-state index in [9.17, 15) is 0 Å². The number of aromatic nitrogens is 4. The molecule has 4 aromatic rings. The third-order valence-corrected chi connectivity index (χ3v) is 16.5. The smallest absolute Gasteiger partial charge is 0.0972 e. The molecule has 0 aliphatic carbocycles. The zero-order valence-electron chi connectivity index (χ0n) is 47.8. The molecule has 0 bridgehead atoms. The number of nitrogens with zero attached hydrogens (tertiary/aromatic N) is 4. The van der Waals surface area contributed by atoms with Crippen molar-refractivity contribution in [2.24, 2.45) is 11.8 Å². The van der Waals surface area contributed by atoms with E-state index in [-0.39, 0.29) is 0 Å². The summed E-state index contributed by atoms with van der Waals surface area (Å²) in [7, 11) is 0. The molecule has 0 saturated carbocycles. The summed E-state index contributed by atoms with van der Waals surface area (Å²) in [5.74, 6) is 1.34. The van der Waals surface area contributed by atoms with E-state index in [0.29, 0.717) is 11.8 Å². The van der Waals surface area contributed by atoms with Crippen LogP contribution in [0.2, 0.25) is 0 Å². The van der Waals surface area contributed by atoms with Gasteiger partial charge in [-0.05, 0) is 75.6 Å². The van der Waals surface area contributed by atoms with Crippen LogP contribution in [0.4, 0.5) is 0 Å². The van der Waals surface area contributed by atoms with Gasteiger partial charge in [0.1, 0.15) is 0 Å². The standard InChI is InChI=1S/C66H112N4/c1-9-13-17-21-25-29-31-35-39-43-47-57(45-41-37-33-27-23-19-15-11-3)49-59-51-61-62(65-63(59)67-53(5)55(7)69-65)52-60(64-66(61)70-56(8)54(6)68-64)50-58(46-42-38-34-28-24-20-16-12-4)48-44-40-36-32-30-26-22-18-14-10-2/h51-52,57-58H,9-50H2,1-8H3. The molecule has 0 amide bonds. The number of rotatable bonds is 44. The first-order valence-corrected chi connectivity index (χ1v) is 31.2. The van der Waals surface area contributed by atoms with Crippen molar-refractivity contribution in [2.45, 2.75) is 325 Å². The third-order valence-electron chi connectivity index (χ3n) is 16.5. The van der Waals surface area contributed by atoms with Crippen LogP contribution >= 0.6 is 0 Å². The van der Waals surface area contributed by atoms with E-state index in [1.54, 1.807) is 0 Å². The molecule has 0 N–H and O–H groups in total. The minimum absolute atomic E-state index is 0.668. The first-order valence-electron chi connectivity index (χ1n) is 31.2. The molecule has 2 unspecified atom stereocenters. The van der Waals surface area contributed by atoms with Gasteiger partial charge in [-0.15, -0.1) is 0 Å². The minimum atomic E-state index is 0.668. The van der Waals surface area contributed by atoms with Crippen LogP contribution in [0.3, 0.4) is 0 Å². The zero-order chi connectivity index (χ0) is 50.0. The number of aryl methyl sites for hydroxylation is 4. The molecule has 0 saturated heterocycles. The van der Waals surface area contributed by atoms with Crippen molar-refractivity contribution in [2.75, 3.05) is 0 Å². The Morgan fingerprint density at radius 2 is 0.471 bits per heavy atom. The fourth-order valence-corrected chi connectivity index (χ4v) is 11.7. The lowest BCUT2D eigenvalue weighted by Gasteiger charge is -2.21. The maximum Gasteiger partial charge on any atom is 0.0972 e. The first-order chi connectivity index (χ1) is 34.3. The van der Waals surface area contributed by atoms with E-state index in [2.05, 4.69) is 67.5 Å². The van der Waals surface area contributed by atoms with Gasteiger partial charge in [0.2, 0.25) is 0 Å². The monoisotopic (exact) mass is 961 g/mol. The van der Waals surface area contributed by atoms with Crippen LogP contribution in [0.25, 0.3) is 32.8 Å². The molecule has 2 aromatic carbocycles. The van der Waals surface area contributed by atoms with Gasteiger partial charge in [-0.3, -0.25) is 0 Å². The van der Waals surface area contributed by atoms with E-state index in [0.717, 1.165) is 57.7 Å². The van der Waals surface area contributed by atoms with E-state index in [1.165, 1.54) is 279 Å². The lowest BCUT2D eigenvalue weighted by atomic mass is 9.85. The fraction of sp³-hybridized carbons (Fsp3) is 0.788. The number of hydrogen-bond donors (Lipinski definition) is 0. The highest BCUT2D eigenvalue weighted by molar-refractivity contribution is 6.15. The molecule has 4 heteroatoms. The van der Waals surface area contributed by atoms with E-state index >= 15 is 0 Å². The van der Waals surface area contributed by atoms with Crippen molar-refractivity contribution in [3.8, 4) is 0 Å². The second-order valence-corrected chi connectivity index (χ2v) is 23.0. The summed E-state index contributed by atoms with van der Waals surface area (Å²) in [5, 5.41) is 2.49. The van der Waals surface area contributed by atoms with Gasteiger partial charge < -0.3 is 0 Å². The van der Waals surface area contributed by atoms with Gasteiger partial charge in [0.05, 0.1) is 44.8 Å². The van der Waals surface area contributed by atoms with Crippen molar-refractivity contribution < 1.29 is 0 Å². The topological polar surface area (TPSA) is 51.6 Å². The van der Waals surface area contributed by atoms with Gasteiger partial charge in [-0.25, -0.2) is 19.9 Å². The summed E-state index contributed by atoms with van der Waals surface area (Å²) in [6.07, 6.45) is 57.5. The van der Waals surface area contributed by atoms with Crippen LogP contribution < -0.4 is 0 Å². The molecule has 0 aliphatic heterocycles. The molecule has 70 heavy (non-hydrogen) atoms. The molecule has 4 rings (SSSR count). The predicted octanol–water partition coefficient (Wildman–Crippen LogP) is 22.0. The van der Waals surface area contributed by atoms with Crippen LogP contribution in [0, 0.1) is 39.5 Å². The lowest BCUT2D eigenvalue weighted by molar-refractivity contribution is 0.400. The molecular weight excluding hydrogens is 849 g/mol. The summed E-state index contributed by atoms with van der Waals surface area (Å²) in [4.78, 5) is 21.9. The summed E-state index contributed by atoms with van der Waals surface area (Å²) in [6.45, 7) is 18.0. The maximum atomic E-state index is 5.47. The SMILES string of the molecule is CCCCCCCCCCCCC(CCCCCCCCCC)Cc1cc2c(cc(CC(CCCCCCCCCC)CCCCCCCCCCCC)c3nc(C)c(C)nc32)c2nc(C)c(C)nc12. The van der Waals surface area contributed by atoms with E-state index in [4.69, 9.17) is 19.9 Å². The van der Waals surface area contributed by atoms with Crippen LogP contribution in [0.15, 0.2) is 12.1 Å². The lowest BCUT2D eigenvalue weighted by Crippen LogP contribution is -2.09. The van der Waals surface area contributed by atoms with Crippen LogP contribution in [0.1, 0.15) is 318 Å². The van der Waals surface area contributed by atoms with Crippen molar-refractivity contribution >= 4 is 32.8 Å². The Morgan fingerprint density at radius 1 is 0.271 bits per heavy atom. The molecule has 0 spiro atoms. The van der Waals surface area contributed by atoms with Gasteiger partial charge in [-0.2, -0.15) is 0 Å². The average molecular weight is 962 g/mol. The first kappa shape index (κ1) is 59.9. The average Bonchev–Trinajstić information content (AvgIpc) is 3.35. The predicted molar refractivity (Wildman–Crippen MR) is 311 cm³/mol. The molecule has 2 aromatic heterocycles. The Kier molecular flexibility index (Phi) is 31.8. The maximum absolute atomic E-state index is 5.47. The second-order valence-electron chi connectivity index (χ2n) is 23.0. The summed E-state index contributed by atoms with van der Waals surface area (Å²) in [6, 6.07) is 5.05. The zero-order valence-corrected chi connectivity index (χ0v) is 47.8. The van der Waals surface area contributed by atoms with Gasteiger partial charge in [-0.1, -0.05) is 285 Å². The third kappa shape index (κ3) is 22.7. The second kappa shape index (κ2) is 37.2.